The molecule has 0 aromatic carbocycles. The van der Waals surface area contributed by atoms with E-state index in [4.69, 9.17) is 16.6 Å². The van der Waals surface area contributed by atoms with Gasteiger partial charge < -0.3 is 47.2 Å². The summed E-state index contributed by atoms with van der Waals surface area (Å²) >= 11 is 0. The summed E-state index contributed by atoms with van der Waals surface area (Å²) in [5, 5.41) is 32.7. The number of rotatable bonds is 11. The predicted octanol–water partition coefficient (Wildman–Crippen LogP) is -2.35. The highest BCUT2D eigenvalue weighted by Crippen LogP contribution is 2.25. The summed E-state index contributed by atoms with van der Waals surface area (Å²) in [5.74, 6) is -3.32. The van der Waals surface area contributed by atoms with Crippen LogP contribution in [0.2, 0.25) is 0 Å². The number of likely N-dealkylation sites (tertiary alicyclic amines) is 2. The minimum Gasteiger partial charge on any atom is -0.480 e. The minimum atomic E-state index is -1.26. The summed E-state index contributed by atoms with van der Waals surface area (Å²) in [6.07, 6.45) is 0.298. The summed E-state index contributed by atoms with van der Waals surface area (Å²) in [4.78, 5) is 73.7. The molecule has 0 aromatic heterocycles. The predicted molar refractivity (Wildman–Crippen MR) is 147 cm³/mol. The fourth-order valence-electron chi connectivity index (χ4n) is 4.80. The SMILES string of the molecule is CC(=O)N[C@@H](CC(C)C)C(=O)O.C[C@@H](O)[C@H](N)C(=O)N1CCC[C@H]1C(=O)N1CCC[C@H]1C(=O)N[C@@H](C(N)=O)[C@@H](C)O. The van der Waals surface area contributed by atoms with Crippen molar-refractivity contribution in [2.24, 2.45) is 17.4 Å². The van der Waals surface area contributed by atoms with Gasteiger partial charge in [0.1, 0.15) is 30.2 Å². The van der Waals surface area contributed by atoms with Crippen LogP contribution in [-0.2, 0) is 28.8 Å². The highest BCUT2D eigenvalue weighted by atomic mass is 16.4. The van der Waals surface area contributed by atoms with Crippen LogP contribution < -0.4 is 22.1 Å². The first-order chi connectivity index (χ1) is 19.0. The molecule has 0 aliphatic carbocycles. The van der Waals surface area contributed by atoms with Gasteiger partial charge in [0.25, 0.3) is 0 Å². The third-order valence-electron chi connectivity index (χ3n) is 6.93. The van der Waals surface area contributed by atoms with Gasteiger partial charge >= 0.3 is 5.97 Å². The number of nitrogens with two attached hydrogens (primary N) is 2. The second-order valence-electron chi connectivity index (χ2n) is 11.0. The van der Waals surface area contributed by atoms with Crippen molar-refractivity contribution in [3.05, 3.63) is 0 Å². The molecule has 0 spiro atoms. The number of carboxylic acids is 1. The van der Waals surface area contributed by atoms with Gasteiger partial charge in [-0.2, -0.15) is 0 Å². The van der Waals surface area contributed by atoms with Crippen LogP contribution in [0.1, 0.15) is 66.7 Å². The quantitative estimate of drug-likeness (QED) is 0.136. The molecule has 15 nitrogen and oxygen atoms in total. The highest BCUT2D eigenvalue weighted by molar-refractivity contribution is 5.95. The minimum absolute atomic E-state index is 0.262. The first-order valence-corrected chi connectivity index (χ1v) is 13.8. The molecule has 0 bridgehead atoms. The third kappa shape index (κ3) is 10.6. The molecule has 2 rings (SSSR count). The van der Waals surface area contributed by atoms with E-state index < -0.39 is 66.1 Å². The van der Waals surface area contributed by atoms with Crippen LogP contribution >= 0.6 is 0 Å². The lowest BCUT2D eigenvalue weighted by molar-refractivity contribution is -0.148. The number of aliphatic hydroxyl groups excluding tert-OH is 2. The number of carboxylic acid groups (broad SMARTS) is 1. The number of aliphatic hydroxyl groups is 2. The lowest BCUT2D eigenvalue weighted by atomic mass is 10.0. The van der Waals surface area contributed by atoms with Crippen molar-refractivity contribution in [3.8, 4) is 0 Å². The first-order valence-electron chi connectivity index (χ1n) is 13.8. The highest BCUT2D eigenvalue weighted by Gasteiger charge is 2.44. The number of nitrogens with zero attached hydrogens (tertiary/aromatic N) is 2. The van der Waals surface area contributed by atoms with Gasteiger partial charge in [-0.05, 0) is 51.9 Å². The lowest BCUT2D eigenvalue weighted by Gasteiger charge is -2.33. The maximum absolute atomic E-state index is 13.1. The van der Waals surface area contributed by atoms with Crippen molar-refractivity contribution in [3.63, 3.8) is 0 Å². The van der Waals surface area contributed by atoms with Crippen LogP contribution in [0.25, 0.3) is 0 Å². The number of aliphatic carboxylic acids is 1. The monoisotopic (exact) mass is 586 g/mol. The molecule has 2 aliphatic rings. The number of hydrogen-bond donors (Lipinski definition) is 7. The second kappa shape index (κ2) is 16.2. The van der Waals surface area contributed by atoms with E-state index in [2.05, 4.69) is 10.6 Å². The molecule has 2 saturated heterocycles. The Bertz CT molecular complexity index is 958. The van der Waals surface area contributed by atoms with Gasteiger partial charge in [-0.25, -0.2) is 4.79 Å². The van der Waals surface area contributed by atoms with Gasteiger partial charge in [-0.3, -0.25) is 24.0 Å². The number of hydrogen-bond acceptors (Lipinski definition) is 9. The molecular weight excluding hydrogens is 540 g/mol. The van der Waals surface area contributed by atoms with Crippen LogP contribution in [0, 0.1) is 5.92 Å². The Morgan fingerprint density at radius 3 is 1.85 bits per heavy atom. The van der Waals surface area contributed by atoms with E-state index in [1.807, 2.05) is 13.8 Å². The molecule has 2 fully saturated rings. The largest absolute Gasteiger partial charge is 0.480 e. The molecule has 234 valence electrons. The molecule has 7 atom stereocenters. The van der Waals surface area contributed by atoms with E-state index in [0.29, 0.717) is 45.2 Å². The van der Waals surface area contributed by atoms with Gasteiger partial charge in [0.05, 0.1) is 12.2 Å². The normalized spacial score (nSPS) is 22.1. The van der Waals surface area contributed by atoms with E-state index >= 15 is 0 Å². The molecule has 9 N–H and O–H groups in total. The fraction of sp³-hybridized carbons (Fsp3) is 0.769. The van der Waals surface area contributed by atoms with Crippen LogP contribution in [0.15, 0.2) is 0 Å². The van der Waals surface area contributed by atoms with Gasteiger partial charge in [0.2, 0.25) is 29.5 Å². The number of primary amides is 1. The molecule has 0 saturated carbocycles. The van der Waals surface area contributed by atoms with Gasteiger partial charge in [-0.15, -0.1) is 0 Å². The third-order valence-corrected chi connectivity index (χ3v) is 6.93. The zero-order valence-electron chi connectivity index (χ0n) is 24.4. The fourth-order valence-corrected chi connectivity index (χ4v) is 4.80. The smallest absolute Gasteiger partial charge is 0.326 e. The van der Waals surface area contributed by atoms with Crippen LogP contribution in [-0.4, -0.2) is 116 Å². The molecule has 15 heteroatoms. The maximum atomic E-state index is 13.1. The van der Waals surface area contributed by atoms with Crippen molar-refractivity contribution < 1.29 is 44.1 Å². The molecule has 2 heterocycles. The Labute approximate surface area is 240 Å². The van der Waals surface area contributed by atoms with Crippen molar-refractivity contribution >= 4 is 35.5 Å². The Morgan fingerprint density at radius 2 is 1.41 bits per heavy atom. The average Bonchev–Trinajstić information content (AvgIpc) is 3.55. The summed E-state index contributed by atoms with van der Waals surface area (Å²) in [5.41, 5.74) is 11.0. The van der Waals surface area contributed by atoms with E-state index in [1.165, 1.54) is 30.6 Å². The average molecular weight is 587 g/mol. The number of carbonyl (C=O) groups is 6. The van der Waals surface area contributed by atoms with Crippen LogP contribution in [0.3, 0.4) is 0 Å². The Morgan fingerprint density at radius 1 is 0.878 bits per heavy atom. The molecule has 41 heavy (non-hydrogen) atoms. The first kappa shape index (κ1) is 35.7. The summed E-state index contributed by atoms with van der Waals surface area (Å²) < 4.78 is 0. The molecule has 0 radical (unpaired) electrons. The standard InChI is InChI=1S/C18H31N5O6.C8H15NO3/c1-9(24)13(19)18(29)23-8-4-6-12(23)17(28)22-7-3-5-11(22)16(27)21-14(10(2)25)15(20)26;1-5(2)4-7(8(11)12)9-6(3)10/h9-14,24-25H,3-8,19H2,1-2H3,(H2,20,26)(H,21,27);5,7H,4H2,1-3H3,(H,9,10)(H,11,12)/t9-,10-,11+,12+,13+,14-;7-/m10/s1. The van der Waals surface area contributed by atoms with Crippen molar-refractivity contribution in [2.45, 2.75) is 109 Å². The zero-order chi connectivity index (χ0) is 31.6. The Balaban J connectivity index is 0.000000590. The molecule has 0 aromatic rings. The van der Waals surface area contributed by atoms with Gasteiger partial charge in [0.15, 0.2) is 0 Å². The number of carbonyl (C=O) groups excluding carboxylic acids is 5. The van der Waals surface area contributed by atoms with E-state index in [0.717, 1.165) is 0 Å². The lowest BCUT2D eigenvalue weighted by Crippen LogP contribution is -2.58. The van der Waals surface area contributed by atoms with Crippen molar-refractivity contribution in [2.75, 3.05) is 13.1 Å². The van der Waals surface area contributed by atoms with Gasteiger partial charge in [0, 0.05) is 20.0 Å². The summed E-state index contributed by atoms with van der Waals surface area (Å²) in [6, 6.07) is -4.69. The Kier molecular flexibility index (Phi) is 14.1. The zero-order valence-corrected chi connectivity index (χ0v) is 24.4. The van der Waals surface area contributed by atoms with Gasteiger partial charge in [-0.1, -0.05) is 13.8 Å². The molecule has 2 aliphatic heterocycles. The van der Waals surface area contributed by atoms with Crippen LogP contribution in [0.4, 0.5) is 0 Å². The second-order valence-corrected chi connectivity index (χ2v) is 11.0. The molecule has 5 amide bonds. The number of amides is 5. The summed E-state index contributed by atoms with van der Waals surface area (Å²) in [7, 11) is 0. The van der Waals surface area contributed by atoms with Crippen molar-refractivity contribution in [1.82, 2.24) is 20.4 Å². The van der Waals surface area contributed by atoms with E-state index in [-0.39, 0.29) is 17.7 Å². The maximum Gasteiger partial charge on any atom is 0.326 e. The molecular formula is C26H46N6O9. The number of nitrogens with one attached hydrogen (secondary N) is 2. The Hall–Kier alpha value is -3.30. The summed E-state index contributed by atoms with van der Waals surface area (Å²) in [6.45, 7) is 8.58. The topological polar surface area (TPSA) is 246 Å². The van der Waals surface area contributed by atoms with E-state index in [1.54, 1.807) is 0 Å². The van der Waals surface area contributed by atoms with E-state index in [9.17, 15) is 39.0 Å². The molecule has 0 unspecified atom stereocenters. The van der Waals surface area contributed by atoms with Crippen LogP contribution in [0.5, 0.6) is 0 Å². The van der Waals surface area contributed by atoms with Crippen molar-refractivity contribution in [1.29, 1.82) is 0 Å².